The maximum atomic E-state index is 6.25. The molecule has 0 saturated heterocycles. The fraction of sp³-hybridized carbons (Fsp3) is 0.0667. The van der Waals surface area contributed by atoms with Gasteiger partial charge in [-0.05, 0) is 24.3 Å². The molecule has 3 nitrogen and oxygen atoms in total. The number of halogens is 4. The second-order valence-electron chi connectivity index (χ2n) is 4.61. The van der Waals surface area contributed by atoms with Crippen molar-refractivity contribution >= 4 is 46.4 Å². The van der Waals surface area contributed by atoms with E-state index in [-0.39, 0.29) is 0 Å². The first-order chi connectivity index (χ1) is 10.5. The minimum absolute atomic E-state index is 0.434. The molecule has 0 aliphatic carbocycles. The lowest BCUT2D eigenvalue weighted by Crippen LogP contribution is -1.97. The Bertz CT molecular complexity index is 789. The van der Waals surface area contributed by atoms with Gasteiger partial charge in [0.2, 0.25) is 0 Å². The van der Waals surface area contributed by atoms with E-state index in [2.05, 4.69) is 10.2 Å². The van der Waals surface area contributed by atoms with E-state index in [9.17, 15) is 0 Å². The molecule has 7 heteroatoms. The van der Waals surface area contributed by atoms with Crippen LogP contribution in [0.3, 0.4) is 0 Å². The Balaban J connectivity index is 2.18. The molecular weight excluding hydrogens is 364 g/mol. The molecule has 1 heterocycles. The van der Waals surface area contributed by atoms with E-state index in [0.29, 0.717) is 42.9 Å². The van der Waals surface area contributed by atoms with E-state index in [1.807, 2.05) is 31.3 Å². The van der Waals surface area contributed by atoms with Crippen LogP contribution < -0.4 is 0 Å². The van der Waals surface area contributed by atoms with Crippen molar-refractivity contribution in [3.8, 4) is 22.8 Å². The highest BCUT2D eigenvalue weighted by Gasteiger charge is 2.18. The highest BCUT2D eigenvalue weighted by Crippen LogP contribution is 2.36. The van der Waals surface area contributed by atoms with Gasteiger partial charge in [-0.25, -0.2) is 0 Å². The molecule has 0 amide bonds. The van der Waals surface area contributed by atoms with Crippen LogP contribution >= 0.6 is 46.4 Å². The summed E-state index contributed by atoms with van der Waals surface area (Å²) < 4.78 is 1.80. The molecule has 0 atom stereocenters. The molecule has 0 aliphatic rings. The average Bonchev–Trinajstić information content (AvgIpc) is 2.87. The number of rotatable bonds is 2. The van der Waals surface area contributed by atoms with E-state index in [4.69, 9.17) is 46.4 Å². The fourth-order valence-electron chi connectivity index (χ4n) is 2.15. The molecule has 112 valence electrons. The maximum absolute atomic E-state index is 6.25. The van der Waals surface area contributed by atoms with Crippen molar-refractivity contribution in [2.75, 3.05) is 0 Å². The predicted octanol–water partition coefficient (Wildman–Crippen LogP) is 5.76. The lowest BCUT2D eigenvalue weighted by molar-refractivity contribution is 0.930. The van der Waals surface area contributed by atoms with Crippen LogP contribution in [0.15, 0.2) is 36.4 Å². The molecule has 0 saturated carbocycles. The van der Waals surface area contributed by atoms with Crippen LogP contribution in [0.5, 0.6) is 0 Å². The minimum atomic E-state index is 0.434. The zero-order valence-electron chi connectivity index (χ0n) is 11.3. The Morgan fingerprint density at radius 1 is 0.727 bits per heavy atom. The maximum Gasteiger partial charge on any atom is 0.165 e. The number of hydrogen-bond acceptors (Lipinski definition) is 2. The van der Waals surface area contributed by atoms with E-state index in [1.54, 1.807) is 16.7 Å². The standard InChI is InChI=1S/C15H9Cl4N3/c1-22-14(8-4-2-6-10(16)12(8)18)20-21-15(22)9-5-3-7-11(17)13(9)19/h2-7H,1H3. The summed E-state index contributed by atoms with van der Waals surface area (Å²) in [5.41, 5.74) is 1.40. The predicted molar refractivity (Wildman–Crippen MR) is 91.9 cm³/mol. The fourth-order valence-corrected chi connectivity index (χ4v) is 2.92. The molecule has 3 rings (SSSR count). The molecule has 0 unspecified atom stereocenters. The molecule has 0 bridgehead atoms. The minimum Gasteiger partial charge on any atom is -0.310 e. The van der Waals surface area contributed by atoms with Crippen molar-refractivity contribution < 1.29 is 0 Å². The van der Waals surface area contributed by atoms with Crippen molar-refractivity contribution in [3.05, 3.63) is 56.5 Å². The Hall–Kier alpha value is -1.26. The average molecular weight is 373 g/mol. The van der Waals surface area contributed by atoms with Gasteiger partial charge in [-0.15, -0.1) is 10.2 Å². The van der Waals surface area contributed by atoms with Gasteiger partial charge in [0.1, 0.15) is 0 Å². The third kappa shape index (κ3) is 2.59. The normalized spacial score (nSPS) is 11.0. The molecule has 3 aromatic rings. The van der Waals surface area contributed by atoms with Crippen LogP contribution in [0, 0.1) is 0 Å². The van der Waals surface area contributed by atoms with Gasteiger partial charge >= 0.3 is 0 Å². The van der Waals surface area contributed by atoms with Gasteiger partial charge in [-0.1, -0.05) is 58.5 Å². The molecule has 0 fully saturated rings. The summed E-state index contributed by atoms with van der Waals surface area (Å²) in [7, 11) is 1.83. The quantitative estimate of drug-likeness (QED) is 0.572. The second kappa shape index (κ2) is 6.09. The molecule has 0 radical (unpaired) electrons. The highest BCUT2D eigenvalue weighted by atomic mass is 35.5. The zero-order valence-corrected chi connectivity index (χ0v) is 14.3. The van der Waals surface area contributed by atoms with Gasteiger partial charge in [0, 0.05) is 18.2 Å². The number of nitrogens with zero attached hydrogens (tertiary/aromatic N) is 3. The summed E-state index contributed by atoms with van der Waals surface area (Å²) >= 11 is 24.6. The summed E-state index contributed by atoms with van der Waals surface area (Å²) in [5.74, 6) is 1.19. The second-order valence-corrected chi connectivity index (χ2v) is 6.18. The molecule has 0 N–H and O–H groups in total. The topological polar surface area (TPSA) is 30.7 Å². The number of aromatic nitrogens is 3. The Kier molecular flexibility index (Phi) is 4.33. The van der Waals surface area contributed by atoms with Gasteiger partial charge in [0.25, 0.3) is 0 Å². The van der Waals surface area contributed by atoms with Gasteiger partial charge in [0.05, 0.1) is 20.1 Å². The van der Waals surface area contributed by atoms with Crippen LogP contribution in [0.2, 0.25) is 20.1 Å². The van der Waals surface area contributed by atoms with E-state index in [1.165, 1.54) is 0 Å². The zero-order chi connectivity index (χ0) is 15.9. The monoisotopic (exact) mass is 371 g/mol. The summed E-state index contributed by atoms with van der Waals surface area (Å²) in [5, 5.41) is 10.2. The van der Waals surface area contributed by atoms with Crippen LogP contribution in [0.4, 0.5) is 0 Å². The third-order valence-electron chi connectivity index (χ3n) is 3.26. The Labute approximate surface area is 147 Å². The van der Waals surface area contributed by atoms with E-state index in [0.717, 1.165) is 0 Å². The summed E-state index contributed by atoms with van der Waals surface area (Å²) in [4.78, 5) is 0. The first-order valence-electron chi connectivity index (χ1n) is 6.29. The molecule has 2 aromatic carbocycles. The van der Waals surface area contributed by atoms with Crippen molar-refractivity contribution in [2.24, 2.45) is 7.05 Å². The van der Waals surface area contributed by atoms with E-state index < -0.39 is 0 Å². The van der Waals surface area contributed by atoms with Gasteiger partial charge < -0.3 is 4.57 Å². The molecule has 1 aromatic heterocycles. The lowest BCUT2D eigenvalue weighted by atomic mass is 10.2. The molecular formula is C15H9Cl4N3. The van der Waals surface area contributed by atoms with Gasteiger partial charge in [0.15, 0.2) is 11.6 Å². The van der Waals surface area contributed by atoms with Crippen molar-refractivity contribution in [1.29, 1.82) is 0 Å². The first-order valence-corrected chi connectivity index (χ1v) is 7.80. The summed E-state index contributed by atoms with van der Waals surface area (Å²) in [6.07, 6.45) is 0. The third-order valence-corrected chi connectivity index (χ3v) is 4.90. The SMILES string of the molecule is Cn1c(-c2cccc(Cl)c2Cl)nnc1-c1cccc(Cl)c1Cl. The van der Waals surface area contributed by atoms with Crippen LogP contribution in [-0.4, -0.2) is 14.8 Å². The Morgan fingerprint density at radius 3 is 1.55 bits per heavy atom. The van der Waals surface area contributed by atoms with Crippen LogP contribution in [0.25, 0.3) is 22.8 Å². The van der Waals surface area contributed by atoms with Crippen molar-refractivity contribution in [3.63, 3.8) is 0 Å². The largest absolute Gasteiger partial charge is 0.310 e. The highest BCUT2D eigenvalue weighted by molar-refractivity contribution is 6.44. The van der Waals surface area contributed by atoms with Crippen LogP contribution in [0.1, 0.15) is 0 Å². The smallest absolute Gasteiger partial charge is 0.165 e. The molecule has 0 spiro atoms. The number of benzene rings is 2. The summed E-state index contributed by atoms with van der Waals surface area (Å²) in [6.45, 7) is 0. The van der Waals surface area contributed by atoms with Crippen LogP contribution in [-0.2, 0) is 7.05 Å². The van der Waals surface area contributed by atoms with Gasteiger partial charge in [-0.3, -0.25) is 0 Å². The number of hydrogen-bond donors (Lipinski definition) is 0. The lowest BCUT2D eigenvalue weighted by Gasteiger charge is -2.08. The van der Waals surface area contributed by atoms with Gasteiger partial charge in [-0.2, -0.15) is 0 Å². The molecule has 0 aliphatic heterocycles. The van der Waals surface area contributed by atoms with Crippen molar-refractivity contribution in [1.82, 2.24) is 14.8 Å². The van der Waals surface area contributed by atoms with Crippen molar-refractivity contribution in [2.45, 2.75) is 0 Å². The summed E-state index contributed by atoms with van der Waals surface area (Å²) in [6, 6.07) is 10.7. The first kappa shape index (κ1) is 15.6. The Morgan fingerprint density at radius 2 is 1.14 bits per heavy atom. The van der Waals surface area contributed by atoms with E-state index >= 15 is 0 Å². The molecule has 22 heavy (non-hydrogen) atoms.